The van der Waals surface area contributed by atoms with Crippen molar-refractivity contribution >= 4 is 5.91 Å². The normalized spacial score (nSPS) is 32.6. The van der Waals surface area contributed by atoms with E-state index in [1.165, 1.54) is 12.8 Å². The van der Waals surface area contributed by atoms with Crippen LogP contribution in [0.5, 0.6) is 0 Å². The van der Waals surface area contributed by atoms with Gasteiger partial charge in [-0.2, -0.15) is 0 Å². The Morgan fingerprint density at radius 2 is 2.27 bits per heavy atom. The molecule has 62 valence electrons. The Hall–Kier alpha value is -0.570. The maximum atomic E-state index is 11.5. The van der Waals surface area contributed by atoms with Crippen LogP contribution < -0.4 is 5.32 Å². The molecule has 0 bridgehead atoms. The van der Waals surface area contributed by atoms with Gasteiger partial charge < -0.3 is 10.2 Å². The number of nitrogens with zero attached hydrogens (tertiary/aromatic N) is 1. The van der Waals surface area contributed by atoms with Crippen molar-refractivity contribution in [2.45, 2.75) is 31.8 Å². The van der Waals surface area contributed by atoms with Gasteiger partial charge in [-0.15, -0.1) is 0 Å². The molecule has 3 nitrogen and oxygen atoms in total. The van der Waals surface area contributed by atoms with Crippen LogP contribution in [0.3, 0.4) is 0 Å². The summed E-state index contributed by atoms with van der Waals surface area (Å²) in [5, 5.41) is 3.15. The van der Waals surface area contributed by atoms with Gasteiger partial charge >= 0.3 is 0 Å². The van der Waals surface area contributed by atoms with Gasteiger partial charge in [0.05, 0.1) is 6.04 Å². The van der Waals surface area contributed by atoms with E-state index in [1.807, 2.05) is 11.8 Å². The third-order valence-electron chi connectivity index (χ3n) is 2.44. The minimum atomic E-state index is 0.0457. The predicted molar refractivity (Wildman–Crippen MR) is 42.2 cm³/mol. The van der Waals surface area contributed by atoms with E-state index in [0.717, 1.165) is 13.1 Å². The molecule has 0 aromatic carbocycles. The fourth-order valence-electron chi connectivity index (χ4n) is 1.60. The monoisotopic (exact) mass is 154 g/mol. The molecule has 1 aliphatic carbocycles. The largest absolute Gasteiger partial charge is 0.337 e. The second-order valence-electron chi connectivity index (χ2n) is 3.44. The molecule has 1 aliphatic heterocycles. The standard InChI is InChI=1S/C8H14N2O/c1-6-8(11)10(5-4-9-6)7-2-3-7/h6-7,9H,2-5H2,1H3/t6-/m0/s1. The molecule has 0 aromatic heterocycles. The highest BCUT2D eigenvalue weighted by Gasteiger charge is 2.36. The summed E-state index contributed by atoms with van der Waals surface area (Å²) in [7, 11) is 0. The first-order chi connectivity index (χ1) is 5.29. The molecule has 2 rings (SSSR count). The molecule has 1 saturated carbocycles. The van der Waals surface area contributed by atoms with Crippen LogP contribution >= 0.6 is 0 Å². The predicted octanol–water partition coefficient (Wildman–Crippen LogP) is -0.0309. The maximum absolute atomic E-state index is 11.5. The van der Waals surface area contributed by atoms with Gasteiger partial charge in [0.2, 0.25) is 5.91 Å². The van der Waals surface area contributed by atoms with Crippen LogP contribution in [0.2, 0.25) is 0 Å². The Balaban J connectivity index is 2.01. The molecule has 1 atom stereocenters. The molecule has 0 unspecified atom stereocenters. The fraction of sp³-hybridized carbons (Fsp3) is 0.875. The molecule has 0 radical (unpaired) electrons. The van der Waals surface area contributed by atoms with Crippen LogP contribution in [0.25, 0.3) is 0 Å². The second-order valence-corrected chi connectivity index (χ2v) is 3.44. The summed E-state index contributed by atoms with van der Waals surface area (Å²) in [4.78, 5) is 13.5. The van der Waals surface area contributed by atoms with Crippen LogP contribution in [0.1, 0.15) is 19.8 Å². The Labute approximate surface area is 66.8 Å². The molecule has 1 saturated heterocycles. The molecule has 1 N–H and O–H groups in total. The van der Waals surface area contributed by atoms with E-state index in [4.69, 9.17) is 0 Å². The van der Waals surface area contributed by atoms with Crippen molar-refractivity contribution in [1.29, 1.82) is 0 Å². The van der Waals surface area contributed by atoms with Crippen molar-refractivity contribution in [2.75, 3.05) is 13.1 Å². The number of carbonyl (C=O) groups excluding carboxylic acids is 1. The van der Waals surface area contributed by atoms with Gasteiger partial charge in [0.25, 0.3) is 0 Å². The molecular formula is C8H14N2O. The van der Waals surface area contributed by atoms with Crippen molar-refractivity contribution < 1.29 is 4.79 Å². The molecule has 1 amide bonds. The number of piperazine rings is 1. The van der Waals surface area contributed by atoms with Gasteiger partial charge in [-0.1, -0.05) is 0 Å². The van der Waals surface area contributed by atoms with E-state index in [-0.39, 0.29) is 6.04 Å². The van der Waals surface area contributed by atoms with E-state index in [1.54, 1.807) is 0 Å². The number of carbonyl (C=O) groups is 1. The zero-order valence-electron chi connectivity index (χ0n) is 6.84. The molecule has 3 heteroatoms. The minimum absolute atomic E-state index is 0.0457. The summed E-state index contributed by atoms with van der Waals surface area (Å²) >= 11 is 0. The Morgan fingerprint density at radius 3 is 2.91 bits per heavy atom. The number of nitrogens with one attached hydrogen (secondary N) is 1. The van der Waals surface area contributed by atoms with E-state index in [2.05, 4.69) is 5.32 Å². The van der Waals surface area contributed by atoms with Crippen molar-refractivity contribution in [3.8, 4) is 0 Å². The van der Waals surface area contributed by atoms with Crippen molar-refractivity contribution in [3.63, 3.8) is 0 Å². The lowest BCUT2D eigenvalue weighted by atomic mass is 10.2. The second kappa shape index (κ2) is 2.48. The molecule has 2 fully saturated rings. The van der Waals surface area contributed by atoms with Gasteiger partial charge in [-0.05, 0) is 19.8 Å². The summed E-state index contributed by atoms with van der Waals surface area (Å²) < 4.78 is 0. The molecule has 11 heavy (non-hydrogen) atoms. The van der Waals surface area contributed by atoms with Crippen LogP contribution in [0.4, 0.5) is 0 Å². The van der Waals surface area contributed by atoms with Crippen molar-refractivity contribution in [3.05, 3.63) is 0 Å². The van der Waals surface area contributed by atoms with Crippen LogP contribution in [0, 0.1) is 0 Å². The maximum Gasteiger partial charge on any atom is 0.239 e. The minimum Gasteiger partial charge on any atom is -0.337 e. The average Bonchev–Trinajstić information content (AvgIpc) is 2.77. The van der Waals surface area contributed by atoms with Gasteiger partial charge in [0, 0.05) is 19.1 Å². The summed E-state index contributed by atoms with van der Waals surface area (Å²) in [6.07, 6.45) is 2.44. The van der Waals surface area contributed by atoms with Crippen LogP contribution in [-0.2, 0) is 4.79 Å². The van der Waals surface area contributed by atoms with E-state index < -0.39 is 0 Å². The zero-order valence-corrected chi connectivity index (χ0v) is 6.84. The summed E-state index contributed by atoms with van der Waals surface area (Å²) in [6, 6.07) is 0.636. The third-order valence-corrected chi connectivity index (χ3v) is 2.44. The number of rotatable bonds is 1. The van der Waals surface area contributed by atoms with Crippen molar-refractivity contribution in [1.82, 2.24) is 10.2 Å². The molecule has 2 aliphatic rings. The van der Waals surface area contributed by atoms with Crippen LogP contribution in [-0.4, -0.2) is 36.0 Å². The topological polar surface area (TPSA) is 32.3 Å². The SMILES string of the molecule is C[C@@H]1NCCN(C2CC2)C1=O. The average molecular weight is 154 g/mol. The van der Waals surface area contributed by atoms with Gasteiger partial charge in [0.15, 0.2) is 0 Å². The molecule has 0 aromatic rings. The van der Waals surface area contributed by atoms with Gasteiger partial charge in [0.1, 0.15) is 0 Å². The lowest BCUT2D eigenvalue weighted by Gasteiger charge is -2.31. The molecule has 1 heterocycles. The first kappa shape index (κ1) is 7.10. The van der Waals surface area contributed by atoms with Gasteiger partial charge in [-0.25, -0.2) is 0 Å². The highest BCUT2D eigenvalue weighted by atomic mass is 16.2. The molecular weight excluding hydrogens is 140 g/mol. The number of amides is 1. The zero-order chi connectivity index (χ0) is 7.84. The molecule has 0 spiro atoms. The quantitative estimate of drug-likeness (QED) is 0.575. The van der Waals surface area contributed by atoms with E-state index in [0.29, 0.717) is 11.9 Å². The number of hydrogen-bond acceptors (Lipinski definition) is 2. The first-order valence-corrected chi connectivity index (χ1v) is 4.33. The fourth-order valence-corrected chi connectivity index (χ4v) is 1.60. The third kappa shape index (κ3) is 1.25. The Bertz CT molecular complexity index is 177. The van der Waals surface area contributed by atoms with E-state index in [9.17, 15) is 4.79 Å². The lowest BCUT2D eigenvalue weighted by Crippen LogP contribution is -2.54. The van der Waals surface area contributed by atoms with E-state index >= 15 is 0 Å². The lowest BCUT2D eigenvalue weighted by molar-refractivity contribution is -0.135. The van der Waals surface area contributed by atoms with Gasteiger partial charge in [-0.3, -0.25) is 4.79 Å². The summed E-state index contributed by atoms with van der Waals surface area (Å²) in [5.74, 6) is 0.291. The Morgan fingerprint density at radius 1 is 1.55 bits per heavy atom. The first-order valence-electron chi connectivity index (χ1n) is 4.33. The highest BCUT2D eigenvalue weighted by Crippen LogP contribution is 2.27. The summed E-state index contributed by atoms with van der Waals surface area (Å²) in [5.41, 5.74) is 0. The number of hydrogen-bond donors (Lipinski definition) is 1. The highest BCUT2D eigenvalue weighted by molar-refractivity contribution is 5.82. The smallest absolute Gasteiger partial charge is 0.239 e. The van der Waals surface area contributed by atoms with Crippen molar-refractivity contribution in [2.24, 2.45) is 0 Å². The Kier molecular flexibility index (Phi) is 1.60. The van der Waals surface area contributed by atoms with Crippen LogP contribution in [0.15, 0.2) is 0 Å². The summed E-state index contributed by atoms with van der Waals surface area (Å²) in [6.45, 7) is 3.81.